The molecule has 0 saturated carbocycles. The number of aromatic nitrogens is 2. The predicted molar refractivity (Wildman–Crippen MR) is 76.8 cm³/mol. The summed E-state index contributed by atoms with van der Waals surface area (Å²) >= 11 is 7.02. The van der Waals surface area contributed by atoms with Crippen molar-refractivity contribution in [2.24, 2.45) is 5.84 Å². The summed E-state index contributed by atoms with van der Waals surface area (Å²) in [6.45, 7) is 1.53. The van der Waals surface area contributed by atoms with Gasteiger partial charge < -0.3 is 0 Å². The molecule has 1 aromatic heterocycles. The van der Waals surface area contributed by atoms with Crippen LogP contribution >= 0.6 is 23.4 Å². The van der Waals surface area contributed by atoms with E-state index in [1.807, 2.05) is 0 Å². The zero-order valence-electron chi connectivity index (χ0n) is 10.3. The van der Waals surface area contributed by atoms with Gasteiger partial charge in [0.15, 0.2) is 5.03 Å². The minimum Gasteiger partial charge on any atom is -0.292 e. The smallest absolute Gasteiger partial charge is 0.292 e. The number of hydrazine groups is 1. The number of benzene rings is 1. The van der Waals surface area contributed by atoms with Crippen LogP contribution in [0.15, 0.2) is 34.2 Å². The summed E-state index contributed by atoms with van der Waals surface area (Å²) < 4.78 is 0. The zero-order chi connectivity index (χ0) is 14.7. The van der Waals surface area contributed by atoms with Gasteiger partial charge in [-0.15, -0.1) is 0 Å². The number of nitrogen functional groups attached to an aromatic ring is 1. The van der Waals surface area contributed by atoms with Gasteiger partial charge >= 0.3 is 5.69 Å². The maximum atomic E-state index is 11.1. The second-order valence-electron chi connectivity index (χ2n) is 3.75. The molecule has 0 radical (unpaired) electrons. The Morgan fingerprint density at radius 2 is 2.20 bits per heavy atom. The van der Waals surface area contributed by atoms with Gasteiger partial charge in [0.1, 0.15) is 5.69 Å². The zero-order valence-corrected chi connectivity index (χ0v) is 11.9. The lowest BCUT2D eigenvalue weighted by Crippen LogP contribution is -2.12. The molecular weight excluding hydrogens is 302 g/mol. The standard InChI is InChI=1S/C11H10ClN5O2S/c1-6-9(17(18)19)10(15-11(14-6)16-13)20-8-4-2-3-7(12)5-8/h2-5H,13H2,1H3,(H,14,15,16). The summed E-state index contributed by atoms with van der Waals surface area (Å²) in [4.78, 5) is 19.3. The van der Waals surface area contributed by atoms with Crippen LogP contribution in [-0.4, -0.2) is 14.9 Å². The fourth-order valence-corrected chi connectivity index (χ4v) is 2.79. The maximum Gasteiger partial charge on any atom is 0.322 e. The molecule has 0 fully saturated rings. The number of anilines is 1. The van der Waals surface area contributed by atoms with Gasteiger partial charge in [-0.1, -0.05) is 29.4 Å². The van der Waals surface area contributed by atoms with Crippen LogP contribution in [0.5, 0.6) is 0 Å². The molecule has 9 heteroatoms. The van der Waals surface area contributed by atoms with Crippen LogP contribution in [0.4, 0.5) is 11.6 Å². The Morgan fingerprint density at radius 1 is 1.45 bits per heavy atom. The topological polar surface area (TPSA) is 107 Å². The third-order valence-electron chi connectivity index (χ3n) is 2.35. The Kier molecular flexibility index (Phi) is 4.38. The number of rotatable bonds is 4. The van der Waals surface area contributed by atoms with Crippen molar-refractivity contribution >= 4 is 35.0 Å². The van der Waals surface area contributed by atoms with Gasteiger partial charge in [-0.25, -0.2) is 10.8 Å². The summed E-state index contributed by atoms with van der Waals surface area (Å²) in [5.41, 5.74) is 2.38. The summed E-state index contributed by atoms with van der Waals surface area (Å²) in [5.74, 6) is 5.38. The summed E-state index contributed by atoms with van der Waals surface area (Å²) in [6, 6.07) is 6.96. The van der Waals surface area contributed by atoms with E-state index in [1.165, 1.54) is 6.92 Å². The highest BCUT2D eigenvalue weighted by atomic mass is 35.5. The average molecular weight is 312 g/mol. The Balaban J connectivity index is 2.48. The van der Waals surface area contributed by atoms with E-state index in [0.717, 1.165) is 16.7 Å². The quantitative estimate of drug-likeness (QED) is 0.387. The molecule has 20 heavy (non-hydrogen) atoms. The Morgan fingerprint density at radius 3 is 2.80 bits per heavy atom. The van der Waals surface area contributed by atoms with Crippen molar-refractivity contribution in [3.8, 4) is 0 Å². The van der Waals surface area contributed by atoms with Crippen LogP contribution < -0.4 is 11.3 Å². The number of aryl methyl sites for hydroxylation is 1. The van der Waals surface area contributed by atoms with E-state index < -0.39 is 4.92 Å². The molecule has 0 amide bonds. The van der Waals surface area contributed by atoms with Crippen LogP contribution in [0.1, 0.15) is 5.69 Å². The molecule has 0 aliphatic rings. The molecule has 0 aliphatic heterocycles. The largest absolute Gasteiger partial charge is 0.322 e. The van der Waals surface area contributed by atoms with Crippen LogP contribution in [0.2, 0.25) is 5.02 Å². The van der Waals surface area contributed by atoms with Crippen LogP contribution in [0.3, 0.4) is 0 Å². The molecule has 1 heterocycles. The Bertz CT molecular complexity index is 667. The Hall–Kier alpha value is -1.90. The first kappa shape index (κ1) is 14.5. The molecule has 2 aromatic rings. The predicted octanol–water partition coefficient (Wildman–Crippen LogP) is 2.78. The molecule has 0 bridgehead atoms. The monoisotopic (exact) mass is 311 g/mol. The van der Waals surface area contributed by atoms with E-state index in [-0.39, 0.29) is 22.4 Å². The molecule has 0 aliphatic carbocycles. The number of nitrogens with two attached hydrogens (primary N) is 1. The van der Waals surface area contributed by atoms with Gasteiger partial charge in [-0.05, 0) is 25.1 Å². The first-order valence-electron chi connectivity index (χ1n) is 5.44. The van der Waals surface area contributed by atoms with Gasteiger partial charge in [0.25, 0.3) is 0 Å². The fraction of sp³-hybridized carbons (Fsp3) is 0.0909. The normalized spacial score (nSPS) is 10.3. The second-order valence-corrected chi connectivity index (χ2v) is 5.25. The Labute approximate surface area is 123 Å². The third kappa shape index (κ3) is 3.16. The number of halogens is 1. The number of nitrogens with one attached hydrogen (secondary N) is 1. The molecule has 7 nitrogen and oxygen atoms in total. The minimum absolute atomic E-state index is 0.123. The van der Waals surface area contributed by atoms with E-state index in [1.54, 1.807) is 24.3 Å². The molecule has 3 N–H and O–H groups in total. The highest BCUT2D eigenvalue weighted by Gasteiger charge is 2.22. The molecule has 0 unspecified atom stereocenters. The van der Waals surface area contributed by atoms with Crippen LogP contribution in [0.25, 0.3) is 0 Å². The summed E-state index contributed by atoms with van der Waals surface area (Å²) in [7, 11) is 0. The lowest BCUT2D eigenvalue weighted by atomic mass is 10.4. The van der Waals surface area contributed by atoms with Crippen molar-refractivity contribution in [1.29, 1.82) is 0 Å². The minimum atomic E-state index is -0.511. The van der Waals surface area contributed by atoms with E-state index in [4.69, 9.17) is 17.4 Å². The first-order chi connectivity index (χ1) is 9.51. The number of hydrogen-bond donors (Lipinski definition) is 2. The second kappa shape index (κ2) is 6.04. The van der Waals surface area contributed by atoms with E-state index in [0.29, 0.717) is 5.02 Å². The van der Waals surface area contributed by atoms with Gasteiger partial charge in [0.05, 0.1) is 4.92 Å². The van der Waals surface area contributed by atoms with Gasteiger partial charge in [-0.3, -0.25) is 15.5 Å². The van der Waals surface area contributed by atoms with Crippen molar-refractivity contribution in [1.82, 2.24) is 9.97 Å². The maximum absolute atomic E-state index is 11.1. The van der Waals surface area contributed by atoms with Crippen LogP contribution in [-0.2, 0) is 0 Å². The molecule has 0 atom stereocenters. The van der Waals surface area contributed by atoms with Crippen LogP contribution in [0, 0.1) is 17.0 Å². The molecule has 104 valence electrons. The average Bonchev–Trinajstić information content (AvgIpc) is 2.37. The van der Waals surface area contributed by atoms with Crippen molar-refractivity contribution in [3.05, 3.63) is 45.1 Å². The van der Waals surface area contributed by atoms with Gasteiger partial charge in [0.2, 0.25) is 5.95 Å². The third-order valence-corrected chi connectivity index (χ3v) is 3.55. The first-order valence-corrected chi connectivity index (χ1v) is 6.63. The van der Waals surface area contributed by atoms with E-state index in [9.17, 15) is 10.1 Å². The molecule has 2 rings (SSSR count). The lowest BCUT2D eigenvalue weighted by Gasteiger charge is -2.06. The van der Waals surface area contributed by atoms with Gasteiger partial charge in [-0.2, -0.15) is 4.98 Å². The highest BCUT2D eigenvalue weighted by Crippen LogP contribution is 2.35. The van der Waals surface area contributed by atoms with Crippen molar-refractivity contribution in [2.45, 2.75) is 16.8 Å². The molecule has 0 saturated heterocycles. The highest BCUT2D eigenvalue weighted by molar-refractivity contribution is 7.99. The van der Waals surface area contributed by atoms with Crippen molar-refractivity contribution in [2.75, 3.05) is 5.43 Å². The number of hydrogen-bond acceptors (Lipinski definition) is 7. The number of nitrogens with zero attached hydrogens (tertiary/aromatic N) is 3. The number of nitro groups is 1. The molecule has 1 aromatic carbocycles. The SMILES string of the molecule is Cc1nc(NN)nc(Sc2cccc(Cl)c2)c1[N+](=O)[O-]. The fourth-order valence-electron chi connectivity index (χ4n) is 1.53. The van der Waals surface area contributed by atoms with E-state index in [2.05, 4.69) is 15.4 Å². The van der Waals surface area contributed by atoms with Crippen molar-refractivity contribution in [3.63, 3.8) is 0 Å². The molecular formula is C11H10ClN5O2S. The lowest BCUT2D eigenvalue weighted by molar-refractivity contribution is -0.389. The van der Waals surface area contributed by atoms with Gasteiger partial charge in [0, 0.05) is 9.92 Å². The molecule has 0 spiro atoms. The summed E-state index contributed by atoms with van der Waals surface area (Å²) in [5, 5.41) is 11.9. The van der Waals surface area contributed by atoms with Crippen molar-refractivity contribution < 1.29 is 4.92 Å². The summed E-state index contributed by atoms with van der Waals surface area (Å²) in [6.07, 6.45) is 0. The van der Waals surface area contributed by atoms with E-state index >= 15 is 0 Å².